The van der Waals surface area contributed by atoms with Crippen LogP contribution >= 0.6 is 0 Å². The third kappa shape index (κ3) is 6.33. The van der Waals surface area contributed by atoms with Gasteiger partial charge in [0.05, 0.1) is 12.2 Å². The zero-order chi connectivity index (χ0) is 13.4. The highest BCUT2D eigenvalue weighted by Crippen LogP contribution is 2.19. The summed E-state index contributed by atoms with van der Waals surface area (Å²) in [5.74, 6) is -0.844. The number of carbonyl (C=O) groups is 1. The van der Waals surface area contributed by atoms with Gasteiger partial charge in [-0.25, -0.2) is 4.79 Å². The molecule has 2 N–H and O–H groups in total. The molecule has 0 aromatic heterocycles. The normalized spacial score (nSPS) is 23.7. The van der Waals surface area contributed by atoms with Crippen LogP contribution in [0.5, 0.6) is 0 Å². The fraction of sp³-hybridized carbons (Fsp3) is 0.923. The molecule has 0 saturated carbocycles. The number of unbranched alkanes of at least 4 members (excludes halogenated alkanes) is 1. The van der Waals surface area contributed by atoms with E-state index in [1.807, 2.05) is 13.8 Å². The Morgan fingerprint density at radius 2 is 2.22 bits per heavy atom. The van der Waals surface area contributed by atoms with E-state index in [1.165, 1.54) is 0 Å². The summed E-state index contributed by atoms with van der Waals surface area (Å²) in [6.07, 6.45) is 3.34. The minimum absolute atomic E-state index is 0.0537. The third-order valence-corrected chi connectivity index (χ3v) is 2.95. The first kappa shape index (κ1) is 15.4. The lowest BCUT2D eigenvalue weighted by Crippen LogP contribution is -2.29. The molecular weight excluding hydrogens is 234 g/mol. The first-order valence-corrected chi connectivity index (χ1v) is 6.80. The number of hydrogen-bond donors (Lipinski definition) is 2. The van der Waals surface area contributed by atoms with Crippen molar-refractivity contribution in [2.45, 2.75) is 57.8 Å². The smallest absolute Gasteiger partial charge is 0.332 e. The molecule has 0 amide bonds. The average Bonchev–Trinajstić information content (AvgIpc) is 2.76. The minimum Gasteiger partial charge on any atom is -0.479 e. The van der Waals surface area contributed by atoms with Gasteiger partial charge in [0.2, 0.25) is 0 Å². The Labute approximate surface area is 109 Å². The molecule has 2 unspecified atom stereocenters. The van der Waals surface area contributed by atoms with Crippen molar-refractivity contribution >= 4 is 5.97 Å². The second-order valence-corrected chi connectivity index (χ2v) is 4.99. The number of hydrogen-bond acceptors (Lipinski definition) is 4. The van der Waals surface area contributed by atoms with Gasteiger partial charge < -0.3 is 19.9 Å². The molecule has 5 heteroatoms. The minimum atomic E-state index is -0.844. The van der Waals surface area contributed by atoms with Crippen LogP contribution in [0.3, 0.4) is 0 Å². The van der Waals surface area contributed by atoms with Crippen molar-refractivity contribution in [3.8, 4) is 0 Å². The van der Waals surface area contributed by atoms with Crippen molar-refractivity contribution in [1.29, 1.82) is 0 Å². The Morgan fingerprint density at radius 1 is 1.44 bits per heavy atom. The van der Waals surface area contributed by atoms with Crippen molar-refractivity contribution in [3.63, 3.8) is 0 Å². The fourth-order valence-electron chi connectivity index (χ4n) is 1.97. The molecule has 1 fully saturated rings. The number of carboxylic acids is 1. The summed E-state index contributed by atoms with van der Waals surface area (Å²) >= 11 is 0. The lowest BCUT2D eigenvalue weighted by molar-refractivity contribution is -0.149. The number of nitrogens with one attached hydrogen (secondary N) is 1. The van der Waals surface area contributed by atoms with Crippen LogP contribution in [0.1, 0.15) is 39.5 Å². The number of ether oxygens (including phenoxy) is 2. The summed E-state index contributed by atoms with van der Waals surface area (Å²) in [4.78, 5) is 10.7. The lowest BCUT2D eigenvalue weighted by Gasteiger charge is -2.12. The molecule has 1 heterocycles. The Bertz CT molecular complexity index is 245. The molecule has 1 aliphatic rings. The summed E-state index contributed by atoms with van der Waals surface area (Å²) < 4.78 is 10.8. The molecule has 0 spiro atoms. The largest absolute Gasteiger partial charge is 0.479 e. The second kappa shape index (κ2) is 8.45. The molecular formula is C13H25NO4. The quantitative estimate of drug-likeness (QED) is 0.613. The summed E-state index contributed by atoms with van der Waals surface area (Å²) in [6.45, 7) is 6.55. The third-order valence-electron chi connectivity index (χ3n) is 2.95. The van der Waals surface area contributed by atoms with E-state index in [-0.39, 0.29) is 6.10 Å². The van der Waals surface area contributed by atoms with Gasteiger partial charge in [-0.3, -0.25) is 0 Å². The molecule has 0 aromatic carbocycles. The highest BCUT2D eigenvalue weighted by atomic mass is 16.5. The molecule has 0 aliphatic carbocycles. The van der Waals surface area contributed by atoms with Gasteiger partial charge in [-0.05, 0) is 46.1 Å². The van der Waals surface area contributed by atoms with E-state index >= 15 is 0 Å². The Balaban J connectivity index is 1.91. The van der Waals surface area contributed by atoms with Crippen LogP contribution in [-0.4, -0.2) is 49.1 Å². The van der Waals surface area contributed by atoms with Gasteiger partial charge >= 0.3 is 5.97 Å². The maximum absolute atomic E-state index is 10.7. The van der Waals surface area contributed by atoms with Crippen molar-refractivity contribution in [2.24, 2.45) is 0 Å². The maximum atomic E-state index is 10.7. The highest BCUT2D eigenvalue weighted by molar-refractivity contribution is 5.72. The predicted octanol–water partition coefficient (Wildman–Crippen LogP) is 1.41. The van der Waals surface area contributed by atoms with Crippen LogP contribution in [0.2, 0.25) is 0 Å². The van der Waals surface area contributed by atoms with Crippen LogP contribution < -0.4 is 5.32 Å². The zero-order valence-electron chi connectivity index (χ0n) is 11.4. The van der Waals surface area contributed by atoms with Crippen molar-refractivity contribution in [1.82, 2.24) is 5.32 Å². The van der Waals surface area contributed by atoms with E-state index in [0.717, 1.165) is 39.0 Å². The van der Waals surface area contributed by atoms with Crippen molar-refractivity contribution < 1.29 is 19.4 Å². The molecule has 1 aliphatic heterocycles. The molecule has 5 nitrogen and oxygen atoms in total. The highest BCUT2D eigenvalue weighted by Gasteiger charge is 2.29. The topological polar surface area (TPSA) is 67.8 Å². The summed E-state index contributed by atoms with van der Waals surface area (Å²) in [5.41, 5.74) is 0. The fourth-order valence-corrected chi connectivity index (χ4v) is 1.97. The molecule has 0 bridgehead atoms. The van der Waals surface area contributed by atoms with Crippen LogP contribution in [0.4, 0.5) is 0 Å². The van der Waals surface area contributed by atoms with Crippen LogP contribution in [-0.2, 0) is 14.3 Å². The van der Waals surface area contributed by atoms with Crippen LogP contribution in [0, 0.1) is 0 Å². The van der Waals surface area contributed by atoms with Gasteiger partial charge in [0.25, 0.3) is 0 Å². The Morgan fingerprint density at radius 3 is 2.83 bits per heavy atom. The zero-order valence-corrected chi connectivity index (χ0v) is 11.4. The summed E-state index contributed by atoms with van der Waals surface area (Å²) in [5, 5.41) is 12.1. The molecule has 106 valence electrons. The Hall–Kier alpha value is -0.650. The molecule has 18 heavy (non-hydrogen) atoms. The molecule has 1 rings (SSSR count). The first-order valence-electron chi connectivity index (χ1n) is 6.80. The molecule has 0 radical (unpaired) electrons. The van der Waals surface area contributed by atoms with Crippen LogP contribution in [0.25, 0.3) is 0 Å². The monoisotopic (exact) mass is 259 g/mol. The van der Waals surface area contributed by atoms with Gasteiger partial charge in [-0.15, -0.1) is 0 Å². The van der Waals surface area contributed by atoms with E-state index in [4.69, 9.17) is 14.6 Å². The SMILES string of the molecule is CC(C)OCCCCNCC1CCC(C(=O)O)O1. The van der Waals surface area contributed by atoms with E-state index in [1.54, 1.807) is 0 Å². The van der Waals surface area contributed by atoms with Crippen molar-refractivity contribution in [2.75, 3.05) is 19.7 Å². The standard InChI is InChI=1S/C13H25NO4/c1-10(2)17-8-4-3-7-14-9-11-5-6-12(18-11)13(15)16/h10-12,14H,3-9H2,1-2H3,(H,15,16). The lowest BCUT2D eigenvalue weighted by atomic mass is 10.2. The Kier molecular flexibility index (Phi) is 7.23. The van der Waals surface area contributed by atoms with E-state index < -0.39 is 12.1 Å². The van der Waals surface area contributed by atoms with E-state index in [9.17, 15) is 4.79 Å². The molecule has 0 aromatic rings. The second-order valence-electron chi connectivity index (χ2n) is 4.99. The van der Waals surface area contributed by atoms with Crippen molar-refractivity contribution in [3.05, 3.63) is 0 Å². The van der Waals surface area contributed by atoms with E-state index in [0.29, 0.717) is 12.5 Å². The van der Waals surface area contributed by atoms with Gasteiger partial charge in [0.1, 0.15) is 0 Å². The molecule has 1 saturated heterocycles. The van der Waals surface area contributed by atoms with Gasteiger partial charge in [-0.2, -0.15) is 0 Å². The van der Waals surface area contributed by atoms with Gasteiger partial charge in [0, 0.05) is 13.2 Å². The summed E-state index contributed by atoms with van der Waals surface area (Å²) in [6, 6.07) is 0. The molecule has 2 atom stereocenters. The average molecular weight is 259 g/mol. The summed E-state index contributed by atoms with van der Waals surface area (Å²) in [7, 11) is 0. The predicted molar refractivity (Wildman–Crippen MR) is 68.7 cm³/mol. The number of carboxylic acid groups (broad SMARTS) is 1. The number of rotatable bonds is 9. The van der Waals surface area contributed by atoms with Gasteiger partial charge in [0.15, 0.2) is 6.10 Å². The van der Waals surface area contributed by atoms with Crippen LogP contribution in [0.15, 0.2) is 0 Å². The number of aliphatic carboxylic acids is 1. The van der Waals surface area contributed by atoms with Gasteiger partial charge in [-0.1, -0.05) is 0 Å². The van der Waals surface area contributed by atoms with E-state index in [2.05, 4.69) is 5.32 Å². The first-order chi connectivity index (χ1) is 8.59. The maximum Gasteiger partial charge on any atom is 0.332 e.